The number of benzene rings is 1. The summed E-state index contributed by atoms with van der Waals surface area (Å²) in [6, 6.07) is 9.46. The van der Waals surface area contributed by atoms with Crippen molar-refractivity contribution in [2.75, 3.05) is 24.2 Å². The van der Waals surface area contributed by atoms with Gasteiger partial charge in [0.25, 0.3) is 5.56 Å². The lowest BCUT2D eigenvalue weighted by Gasteiger charge is -2.32. The summed E-state index contributed by atoms with van der Waals surface area (Å²) in [5.74, 6) is 1.28. The van der Waals surface area contributed by atoms with Crippen molar-refractivity contribution in [2.24, 2.45) is 0 Å². The molecule has 0 amide bonds. The first-order valence-electron chi connectivity index (χ1n) is 11.8. The van der Waals surface area contributed by atoms with Crippen molar-refractivity contribution in [2.45, 2.75) is 43.1 Å². The van der Waals surface area contributed by atoms with Crippen molar-refractivity contribution in [1.82, 2.24) is 14.5 Å². The molecule has 0 unspecified atom stereocenters. The molecule has 3 heterocycles. The van der Waals surface area contributed by atoms with Gasteiger partial charge >= 0.3 is 0 Å². The predicted molar refractivity (Wildman–Crippen MR) is 135 cm³/mol. The third kappa shape index (κ3) is 5.30. The van der Waals surface area contributed by atoms with E-state index in [1.54, 1.807) is 24.4 Å². The van der Waals surface area contributed by atoms with Crippen LogP contribution in [-0.2, 0) is 9.84 Å². The molecule has 1 aliphatic carbocycles. The third-order valence-corrected chi connectivity index (χ3v) is 7.64. The smallest absolute Gasteiger partial charge is 0.258 e. The van der Waals surface area contributed by atoms with E-state index in [0.29, 0.717) is 11.4 Å². The van der Waals surface area contributed by atoms with E-state index in [1.165, 1.54) is 34.8 Å². The Balaban J connectivity index is 1.19. The van der Waals surface area contributed by atoms with E-state index in [4.69, 9.17) is 4.74 Å². The summed E-state index contributed by atoms with van der Waals surface area (Å²) < 4.78 is 30.9. The Morgan fingerprint density at radius 1 is 1.03 bits per heavy atom. The molecule has 0 saturated carbocycles. The van der Waals surface area contributed by atoms with Gasteiger partial charge in [0.05, 0.1) is 4.90 Å². The van der Waals surface area contributed by atoms with Crippen molar-refractivity contribution in [3.8, 4) is 11.4 Å². The number of rotatable bonds is 6. The Morgan fingerprint density at radius 2 is 1.74 bits per heavy atom. The molecule has 1 saturated heterocycles. The maximum Gasteiger partial charge on any atom is 0.258 e. The molecule has 8 nitrogen and oxygen atoms in total. The maximum atomic E-state index is 12.7. The third-order valence-electron chi connectivity index (χ3n) is 6.51. The Labute approximate surface area is 204 Å². The van der Waals surface area contributed by atoms with Gasteiger partial charge in [0.1, 0.15) is 11.9 Å². The highest BCUT2D eigenvalue weighted by molar-refractivity contribution is 7.90. The molecule has 0 atom stereocenters. The molecule has 5 rings (SSSR count). The fraction of sp³-hybridized carbons (Fsp3) is 0.346. The number of piperidine rings is 1. The number of ether oxygens (including phenoxy) is 1. The van der Waals surface area contributed by atoms with E-state index < -0.39 is 9.84 Å². The van der Waals surface area contributed by atoms with Gasteiger partial charge < -0.3 is 9.64 Å². The van der Waals surface area contributed by atoms with Crippen LogP contribution >= 0.6 is 0 Å². The molecule has 0 radical (unpaired) electrons. The minimum atomic E-state index is -3.28. The van der Waals surface area contributed by atoms with Gasteiger partial charge in [-0.3, -0.25) is 9.36 Å². The Morgan fingerprint density at radius 3 is 2.34 bits per heavy atom. The number of sulfone groups is 1. The van der Waals surface area contributed by atoms with Crippen LogP contribution in [0, 0.1) is 0 Å². The monoisotopic (exact) mass is 492 g/mol. The summed E-state index contributed by atoms with van der Waals surface area (Å²) in [7, 11) is -3.28. The van der Waals surface area contributed by atoms with Crippen molar-refractivity contribution >= 4 is 21.4 Å². The van der Waals surface area contributed by atoms with Gasteiger partial charge in [-0.1, -0.05) is 6.08 Å². The molecule has 2 aromatic heterocycles. The van der Waals surface area contributed by atoms with E-state index in [9.17, 15) is 13.2 Å². The summed E-state index contributed by atoms with van der Waals surface area (Å²) in [6.07, 6.45) is 14.0. The van der Waals surface area contributed by atoms with Gasteiger partial charge in [-0.15, -0.1) is 0 Å². The average Bonchev–Trinajstić information content (AvgIpc) is 3.40. The number of aromatic nitrogens is 3. The largest absolute Gasteiger partial charge is 0.490 e. The molecule has 35 heavy (non-hydrogen) atoms. The van der Waals surface area contributed by atoms with Crippen LogP contribution in [0.5, 0.6) is 5.75 Å². The van der Waals surface area contributed by atoms with E-state index in [0.717, 1.165) is 56.5 Å². The number of hydrogen-bond donors (Lipinski definition) is 0. The van der Waals surface area contributed by atoms with Gasteiger partial charge in [0, 0.05) is 68.1 Å². The molecule has 2 aliphatic rings. The average molecular weight is 493 g/mol. The molecule has 1 aromatic carbocycles. The summed E-state index contributed by atoms with van der Waals surface area (Å²) >= 11 is 0. The zero-order chi connectivity index (χ0) is 24.4. The van der Waals surface area contributed by atoms with Crippen LogP contribution in [0.2, 0.25) is 0 Å². The summed E-state index contributed by atoms with van der Waals surface area (Å²) in [5, 5.41) is 0. The van der Waals surface area contributed by atoms with Crippen molar-refractivity contribution in [3.63, 3.8) is 0 Å². The lowest BCUT2D eigenvalue weighted by atomic mass is 10.1. The second kappa shape index (κ2) is 9.65. The van der Waals surface area contributed by atoms with Gasteiger partial charge in [-0.05, 0) is 55.2 Å². The first kappa shape index (κ1) is 23.3. The van der Waals surface area contributed by atoms with Gasteiger partial charge in [-0.2, -0.15) is 0 Å². The highest BCUT2D eigenvalue weighted by atomic mass is 32.2. The Kier molecular flexibility index (Phi) is 6.42. The first-order valence-corrected chi connectivity index (χ1v) is 13.7. The number of anilines is 1. The lowest BCUT2D eigenvalue weighted by molar-refractivity contribution is 0.170. The van der Waals surface area contributed by atoms with Crippen molar-refractivity contribution in [1.29, 1.82) is 0 Å². The number of allylic oxidation sites excluding steroid dienone is 2. The van der Waals surface area contributed by atoms with Gasteiger partial charge in [0.15, 0.2) is 9.84 Å². The fourth-order valence-corrected chi connectivity index (χ4v) is 5.18. The highest BCUT2D eigenvalue weighted by Gasteiger charge is 2.23. The van der Waals surface area contributed by atoms with Crippen LogP contribution in [0.15, 0.2) is 70.8 Å². The van der Waals surface area contributed by atoms with Crippen LogP contribution in [0.4, 0.5) is 5.95 Å². The molecular formula is C26H28N4O4S. The van der Waals surface area contributed by atoms with E-state index in [-0.39, 0.29) is 16.6 Å². The Hall–Kier alpha value is -3.46. The van der Waals surface area contributed by atoms with Crippen LogP contribution in [0.25, 0.3) is 11.3 Å². The standard InChI is InChI=1S/C26H28N4O4S/c1-35(32,33)24-8-6-21(7-9-24)30-15-12-23(16-25(30)31)34-22-10-13-29(14-11-22)26-27-17-20(18-28-26)19-4-2-3-5-19/h4,6-9,12,15-18,22H,2-3,5,10-11,13-14H2,1H3. The van der Waals surface area contributed by atoms with E-state index >= 15 is 0 Å². The zero-order valence-electron chi connectivity index (χ0n) is 19.6. The normalized spacial score (nSPS) is 16.8. The molecule has 0 bridgehead atoms. The minimum absolute atomic E-state index is 0.0125. The number of hydrogen-bond acceptors (Lipinski definition) is 7. The summed E-state index contributed by atoms with van der Waals surface area (Å²) in [6.45, 7) is 1.58. The highest BCUT2D eigenvalue weighted by Crippen LogP contribution is 2.27. The molecule has 1 fully saturated rings. The van der Waals surface area contributed by atoms with E-state index in [2.05, 4.69) is 20.9 Å². The second-order valence-corrected chi connectivity index (χ2v) is 11.1. The first-order chi connectivity index (χ1) is 16.9. The molecule has 3 aromatic rings. The SMILES string of the molecule is CS(=O)(=O)c1ccc(-n2ccc(OC3CCN(c4ncc(C5=CCCC5)cn4)CC3)cc2=O)cc1. The second-order valence-electron chi connectivity index (χ2n) is 9.03. The minimum Gasteiger partial charge on any atom is -0.490 e. The summed E-state index contributed by atoms with van der Waals surface area (Å²) in [5.41, 5.74) is 2.82. The van der Waals surface area contributed by atoms with Gasteiger partial charge in [0.2, 0.25) is 5.95 Å². The molecule has 182 valence electrons. The predicted octanol–water partition coefficient (Wildman–Crippen LogP) is 3.65. The summed E-state index contributed by atoms with van der Waals surface area (Å²) in [4.78, 5) is 24.2. The van der Waals surface area contributed by atoms with Crippen LogP contribution in [-0.4, -0.2) is 48.4 Å². The number of nitrogens with zero attached hydrogens (tertiary/aromatic N) is 4. The zero-order valence-corrected chi connectivity index (χ0v) is 20.4. The number of pyridine rings is 1. The van der Waals surface area contributed by atoms with Crippen molar-refractivity contribution < 1.29 is 13.2 Å². The maximum absolute atomic E-state index is 12.7. The molecule has 1 aliphatic heterocycles. The van der Waals surface area contributed by atoms with E-state index in [1.807, 2.05) is 12.4 Å². The van der Waals surface area contributed by atoms with Crippen LogP contribution in [0.1, 0.15) is 37.7 Å². The fourth-order valence-electron chi connectivity index (χ4n) is 4.55. The topological polar surface area (TPSA) is 94.4 Å². The van der Waals surface area contributed by atoms with Crippen LogP contribution in [0.3, 0.4) is 0 Å². The lowest BCUT2D eigenvalue weighted by Crippen LogP contribution is -2.39. The van der Waals surface area contributed by atoms with Crippen LogP contribution < -0.4 is 15.2 Å². The molecular weight excluding hydrogens is 464 g/mol. The molecule has 0 N–H and O–H groups in total. The van der Waals surface area contributed by atoms with Crippen molar-refractivity contribution in [3.05, 3.63) is 77.0 Å². The van der Waals surface area contributed by atoms with Gasteiger partial charge in [-0.25, -0.2) is 18.4 Å². The Bertz CT molecular complexity index is 1390. The molecule has 0 spiro atoms. The quantitative estimate of drug-likeness (QED) is 0.518. The molecule has 9 heteroatoms.